The van der Waals surface area contributed by atoms with Crippen LogP contribution in [0.1, 0.15) is 30.9 Å². The highest BCUT2D eigenvalue weighted by Crippen LogP contribution is 2.18. The van der Waals surface area contributed by atoms with E-state index < -0.39 is 6.10 Å². The summed E-state index contributed by atoms with van der Waals surface area (Å²) in [5.41, 5.74) is 0.718. The van der Waals surface area contributed by atoms with Gasteiger partial charge in [-0.1, -0.05) is 6.07 Å². The normalized spacial score (nSPS) is 14.0. The average molecular weight is 286 g/mol. The first-order chi connectivity index (χ1) is 10.1. The van der Waals surface area contributed by atoms with Crippen LogP contribution >= 0.6 is 0 Å². The molecule has 2 atom stereocenters. The van der Waals surface area contributed by atoms with Crippen LogP contribution in [0.15, 0.2) is 53.3 Å². The van der Waals surface area contributed by atoms with E-state index in [9.17, 15) is 9.90 Å². The van der Waals surface area contributed by atoms with Crippen molar-refractivity contribution < 1.29 is 14.3 Å². The predicted molar refractivity (Wildman–Crippen MR) is 79.2 cm³/mol. The number of aliphatic hydroxyl groups is 1. The van der Waals surface area contributed by atoms with Gasteiger partial charge in [-0.15, -0.1) is 0 Å². The SMILES string of the molecule is CC(CC(O)c1ccco1)NC(=O)/C=C/c1ccccn1. The third-order valence-electron chi connectivity index (χ3n) is 2.93. The molecule has 0 aliphatic carbocycles. The molecule has 0 spiro atoms. The maximum absolute atomic E-state index is 11.8. The smallest absolute Gasteiger partial charge is 0.244 e. The standard InChI is InChI=1S/C16H18N2O3/c1-12(11-14(19)15-6-4-10-21-15)18-16(20)8-7-13-5-2-3-9-17-13/h2-10,12,14,19H,11H2,1H3,(H,18,20)/b8-7+. The van der Waals surface area contributed by atoms with Gasteiger partial charge in [0.15, 0.2) is 0 Å². The van der Waals surface area contributed by atoms with Crippen LogP contribution < -0.4 is 5.32 Å². The number of rotatable bonds is 6. The van der Waals surface area contributed by atoms with Crippen molar-refractivity contribution in [2.75, 3.05) is 0 Å². The second-order valence-electron chi connectivity index (χ2n) is 4.76. The number of nitrogens with one attached hydrogen (secondary N) is 1. The lowest BCUT2D eigenvalue weighted by atomic mass is 10.1. The lowest BCUT2D eigenvalue weighted by molar-refractivity contribution is -0.117. The van der Waals surface area contributed by atoms with Crippen LogP contribution in [-0.4, -0.2) is 22.0 Å². The minimum Gasteiger partial charge on any atom is -0.467 e. The molecule has 2 aromatic rings. The van der Waals surface area contributed by atoms with E-state index >= 15 is 0 Å². The molecule has 0 aromatic carbocycles. The average Bonchev–Trinajstić information content (AvgIpc) is 3.00. The van der Waals surface area contributed by atoms with Crippen LogP contribution in [0.4, 0.5) is 0 Å². The van der Waals surface area contributed by atoms with Crippen LogP contribution in [0.2, 0.25) is 0 Å². The van der Waals surface area contributed by atoms with Crippen LogP contribution in [0.3, 0.4) is 0 Å². The number of hydrogen-bond donors (Lipinski definition) is 2. The highest BCUT2D eigenvalue weighted by atomic mass is 16.4. The predicted octanol–water partition coefficient (Wildman–Crippen LogP) is 2.32. The quantitative estimate of drug-likeness (QED) is 0.799. The summed E-state index contributed by atoms with van der Waals surface area (Å²) in [5.74, 6) is 0.278. The third-order valence-corrected chi connectivity index (χ3v) is 2.93. The zero-order valence-corrected chi connectivity index (χ0v) is 11.8. The molecule has 0 saturated heterocycles. The highest BCUT2D eigenvalue weighted by molar-refractivity contribution is 5.91. The van der Waals surface area contributed by atoms with Gasteiger partial charge in [0.05, 0.1) is 12.0 Å². The summed E-state index contributed by atoms with van der Waals surface area (Å²) < 4.78 is 5.12. The van der Waals surface area contributed by atoms with Gasteiger partial charge in [-0.2, -0.15) is 0 Å². The van der Waals surface area contributed by atoms with Crippen molar-refractivity contribution in [1.29, 1.82) is 0 Å². The Hall–Kier alpha value is -2.40. The van der Waals surface area contributed by atoms with Crippen molar-refractivity contribution in [1.82, 2.24) is 10.3 Å². The Balaban J connectivity index is 1.81. The second kappa shape index (κ2) is 7.40. The number of hydrogen-bond acceptors (Lipinski definition) is 4. The van der Waals surface area contributed by atoms with Crippen molar-refractivity contribution in [2.24, 2.45) is 0 Å². The summed E-state index contributed by atoms with van der Waals surface area (Å²) in [4.78, 5) is 15.9. The molecule has 0 aliphatic heterocycles. The van der Waals surface area contributed by atoms with Gasteiger partial charge in [-0.05, 0) is 37.3 Å². The van der Waals surface area contributed by atoms with E-state index in [0.29, 0.717) is 12.2 Å². The van der Waals surface area contributed by atoms with Crippen molar-refractivity contribution in [3.63, 3.8) is 0 Å². The van der Waals surface area contributed by atoms with Gasteiger partial charge in [-0.3, -0.25) is 9.78 Å². The van der Waals surface area contributed by atoms with Gasteiger partial charge in [0, 0.05) is 24.7 Å². The lowest BCUT2D eigenvalue weighted by Gasteiger charge is -2.15. The molecule has 0 saturated carbocycles. The molecule has 2 rings (SSSR count). The Labute approximate surface area is 123 Å². The van der Waals surface area contributed by atoms with Crippen molar-refractivity contribution in [2.45, 2.75) is 25.5 Å². The van der Waals surface area contributed by atoms with Crippen molar-refractivity contribution in [3.05, 3.63) is 60.3 Å². The Kier molecular flexibility index (Phi) is 5.29. The van der Waals surface area contributed by atoms with Gasteiger partial charge in [0.1, 0.15) is 11.9 Å². The number of pyridine rings is 1. The molecule has 0 radical (unpaired) electrons. The fourth-order valence-corrected chi connectivity index (χ4v) is 1.92. The molecule has 2 heterocycles. The zero-order chi connectivity index (χ0) is 15.1. The molecule has 0 fully saturated rings. The van der Waals surface area contributed by atoms with E-state index in [1.54, 1.807) is 24.4 Å². The first kappa shape index (κ1) is 15.0. The number of nitrogens with zero attached hydrogens (tertiary/aromatic N) is 1. The maximum atomic E-state index is 11.8. The van der Waals surface area contributed by atoms with Crippen LogP contribution in [0, 0.1) is 0 Å². The molecule has 21 heavy (non-hydrogen) atoms. The molecule has 0 aliphatic rings. The molecule has 5 heteroatoms. The third kappa shape index (κ3) is 4.89. The van der Waals surface area contributed by atoms with E-state index in [1.807, 2.05) is 25.1 Å². The maximum Gasteiger partial charge on any atom is 0.244 e. The minimum atomic E-state index is -0.727. The first-order valence-corrected chi connectivity index (χ1v) is 6.76. The zero-order valence-electron chi connectivity index (χ0n) is 11.8. The molecular formula is C16H18N2O3. The van der Waals surface area contributed by atoms with E-state index in [0.717, 1.165) is 5.69 Å². The summed E-state index contributed by atoms with van der Waals surface area (Å²) in [6.45, 7) is 1.83. The van der Waals surface area contributed by atoms with Gasteiger partial charge in [-0.25, -0.2) is 0 Å². The van der Waals surface area contributed by atoms with Gasteiger partial charge < -0.3 is 14.8 Å². The number of amides is 1. The number of furan rings is 1. The fraction of sp³-hybridized carbons (Fsp3) is 0.250. The molecule has 5 nitrogen and oxygen atoms in total. The molecule has 110 valence electrons. The highest BCUT2D eigenvalue weighted by Gasteiger charge is 2.15. The number of aliphatic hydroxyl groups excluding tert-OH is 1. The Morgan fingerprint density at radius 2 is 2.29 bits per heavy atom. The largest absolute Gasteiger partial charge is 0.467 e. The Morgan fingerprint density at radius 1 is 1.43 bits per heavy atom. The first-order valence-electron chi connectivity index (χ1n) is 6.76. The molecule has 1 amide bonds. The fourth-order valence-electron chi connectivity index (χ4n) is 1.92. The van der Waals surface area contributed by atoms with E-state index in [-0.39, 0.29) is 11.9 Å². The molecule has 2 N–H and O–H groups in total. The van der Waals surface area contributed by atoms with Crippen LogP contribution in [-0.2, 0) is 4.79 Å². The summed E-state index contributed by atoms with van der Waals surface area (Å²) in [5, 5.41) is 12.7. The molecular weight excluding hydrogens is 268 g/mol. The molecule has 0 bridgehead atoms. The van der Waals surface area contributed by atoms with E-state index in [1.165, 1.54) is 12.3 Å². The minimum absolute atomic E-state index is 0.175. The lowest BCUT2D eigenvalue weighted by Crippen LogP contribution is -2.32. The Bertz CT molecular complexity index is 579. The van der Waals surface area contributed by atoms with E-state index in [4.69, 9.17) is 4.42 Å². The topological polar surface area (TPSA) is 75.4 Å². The summed E-state index contributed by atoms with van der Waals surface area (Å²) in [6, 6.07) is 8.74. The van der Waals surface area contributed by atoms with Gasteiger partial charge in [0.2, 0.25) is 5.91 Å². The second-order valence-corrected chi connectivity index (χ2v) is 4.76. The number of carbonyl (C=O) groups is 1. The van der Waals surface area contributed by atoms with Gasteiger partial charge in [0.25, 0.3) is 0 Å². The van der Waals surface area contributed by atoms with E-state index in [2.05, 4.69) is 10.3 Å². The summed E-state index contributed by atoms with van der Waals surface area (Å²) in [6.07, 6.45) is 5.91. The Morgan fingerprint density at radius 3 is 2.95 bits per heavy atom. The van der Waals surface area contributed by atoms with Crippen LogP contribution in [0.5, 0.6) is 0 Å². The van der Waals surface area contributed by atoms with Crippen LogP contribution in [0.25, 0.3) is 6.08 Å². The molecule has 2 aromatic heterocycles. The summed E-state index contributed by atoms with van der Waals surface area (Å²) in [7, 11) is 0. The van der Waals surface area contributed by atoms with Crippen molar-refractivity contribution in [3.8, 4) is 0 Å². The number of aromatic nitrogens is 1. The van der Waals surface area contributed by atoms with Gasteiger partial charge >= 0.3 is 0 Å². The van der Waals surface area contributed by atoms with Crippen molar-refractivity contribution >= 4 is 12.0 Å². The number of carbonyl (C=O) groups excluding carboxylic acids is 1. The molecule has 2 unspecified atom stereocenters. The monoisotopic (exact) mass is 286 g/mol. The summed E-state index contributed by atoms with van der Waals surface area (Å²) >= 11 is 0.